The van der Waals surface area contributed by atoms with Gasteiger partial charge in [0.2, 0.25) is 0 Å². The monoisotopic (exact) mass is 178 g/mol. The fourth-order valence-corrected chi connectivity index (χ4v) is 1.46. The molecule has 0 fully saturated rings. The standard InChI is InChI=1S/C10H12O.C2H6/c1-2-4-9-6-7-11-8-10(9)5-3-1;1-2/h2-5H,1,6-8H2;1-2H3. The van der Waals surface area contributed by atoms with Gasteiger partial charge in [-0.2, -0.15) is 0 Å². The number of rotatable bonds is 0. The second kappa shape index (κ2) is 5.76. The van der Waals surface area contributed by atoms with E-state index in [1.807, 2.05) is 13.8 Å². The molecule has 72 valence electrons. The first-order valence-electron chi connectivity index (χ1n) is 5.09. The van der Waals surface area contributed by atoms with E-state index in [4.69, 9.17) is 4.74 Å². The van der Waals surface area contributed by atoms with Crippen molar-refractivity contribution in [1.29, 1.82) is 0 Å². The highest BCUT2D eigenvalue weighted by Gasteiger charge is 2.08. The van der Waals surface area contributed by atoms with Gasteiger partial charge in [-0.05, 0) is 24.0 Å². The first-order valence-corrected chi connectivity index (χ1v) is 5.09. The van der Waals surface area contributed by atoms with E-state index in [2.05, 4.69) is 24.3 Å². The third-order valence-electron chi connectivity index (χ3n) is 2.10. The molecule has 1 heteroatoms. The van der Waals surface area contributed by atoms with Crippen LogP contribution in [0, 0.1) is 0 Å². The SMILES string of the molecule is C1=CC2=C(C=CC1)COCC2.CC. The van der Waals surface area contributed by atoms with Gasteiger partial charge in [0.25, 0.3) is 0 Å². The average Bonchev–Trinajstić information content (AvgIpc) is 2.45. The van der Waals surface area contributed by atoms with E-state index in [1.54, 1.807) is 0 Å². The van der Waals surface area contributed by atoms with E-state index in [-0.39, 0.29) is 0 Å². The minimum Gasteiger partial charge on any atom is -0.376 e. The Labute approximate surface area is 80.8 Å². The van der Waals surface area contributed by atoms with Crippen LogP contribution in [-0.4, -0.2) is 13.2 Å². The zero-order chi connectivity index (χ0) is 9.52. The lowest BCUT2D eigenvalue weighted by atomic mass is 10.0. The van der Waals surface area contributed by atoms with E-state index >= 15 is 0 Å². The van der Waals surface area contributed by atoms with Gasteiger partial charge in [-0.15, -0.1) is 0 Å². The average molecular weight is 178 g/mol. The van der Waals surface area contributed by atoms with E-state index < -0.39 is 0 Å². The van der Waals surface area contributed by atoms with Crippen LogP contribution >= 0.6 is 0 Å². The minimum absolute atomic E-state index is 0.802. The molecule has 0 unspecified atom stereocenters. The van der Waals surface area contributed by atoms with Crippen LogP contribution in [0.2, 0.25) is 0 Å². The zero-order valence-electron chi connectivity index (χ0n) is 8.55. The van der Waals surface area contributed by atoms with Gasteiger partial charge in [-0.3, -0.25) is 0 Å². The van der Waals surface area contributed by atoms with Crippen LogP contribution in [0.25, 0.3) is 0 Å². The van der Waals surface area contributed by atoms with Crippen molar-refractivity contribution >= 4 is 0 Å². The molecule has 1 heterocycles. The van der Waals surface area contributed by atoms with Gasteiger partial charge in [0.1, 0.15) is 0 Å². The van der Waals surface area contributed by atoms with Crippen LogP contribution in [0.3, 0.4) is 0 Å². The Hall–Kier alpha value is -0.820. The van der Waals surface area contributed by atoms with Crippen LogP contribution < -0.4 is 0 Å². The molecule has 0 aromatic heterocycles. The molecule has 1 aliphatic carbocycles. The molecule has 0 amide bonds. The summed E-state index contributed by atoms with van der Waals surface area (Å²) in [6.45, 7) is 5.69. The highest BCUT2D eigenvalue weighted by atomic mass is 16.5. The van der Waals surface area contributed by atoms with Crippen LogP contribution in [0.1, 0.15) is 26.7 Å². The first kappa shape index (κ1) is 10.3. The topological polar surface area (TPSA) is 9.23 Å². The summed E-state index contributed by atoms with van der Waals surface area (Å²) < 4.78 is 5.35. The summed E-state index contributed by atoms with van der Waals surface area (Å²) >= 11 is 0. The van der Waals surface area contributed by atoms with Gasteiger partial charge in [0.15, 0.2) is 0 Å². The fraction of sp³-hybridized carbons (Fsp3) is 0.500. The third kappa shape index (κ3) is 2.85. The van der Waals surface area contributed by atoms with E-state index in [0.29, 0.717) is 0 Å². The second-order valence-electron chi connectivity index (χ2n) is 2.89. The predicted octanol–water partition coefficient (Wildman–Crippen LogP) is 3.25. The van der Waals surface area contributed by atoms with E-state index in [9.17, 15) is 0 Å². The van der Waals surface area contributed by atoms with Crippen LogP contribution in [0.5, 0.6) is 0 Å². The van der Waals surface area contributed by atoms with Crippen molar-refractivity contribution in [2.75, 3.05) is 13.2 Å². The van der Waals surface area contributed by atoms with E-state index in [1.165, 1.54) is 11.1 Å². The lowest BCUT2D eigenvalue weighted by molar-refractivity contribution is 0.150. The minimum atomic E-state index is 0.802. The van der Waals surface area contributed by atoms with Crippen molar-refractivity contribution < 1.29 is 4.74 Å². The Kier molecular flexibility index (Phi) is 4.55. The van der Waals surface area contributed by atoms with Gasteiger partial charge in [-0.1, -0.05) is 38.2 Å². The Morgan fingerprint density at radius 1 is 1.08 bits per heavy atom. The van der Waals surface area contributed by atoms with Crippen molar-refractivity contribution in [2.45, 2.75) is 26.7 Å². The Morgan fingerprint density at radius 2 is 1.77 bits per heavy atom. The predicted molar refractivity (Wildman–Crippen MR) is 56.7 cm³/mol. The lowest BCUT2D eigenvalue weighted by Gasteiger charge is -2.15. The summed E-state index contributed by atoms with van der Waals surface area (Å²) in [6, 6.07) is 0. The van der Waals surface area contributed by atoms with Crippen LogP contribution in [0.4, 0.5) is 0 Å². The van der Waals surface area contributed by atoms with Crippen molar-refractivity contribution in [3.8, 4) is 0 Å². The maximum absolute atomic E-state index is 5.35. The first-order chi connectivity index (χ1) is 6.47. The lowest BCUT2D eigenvalue weighted by Crippen LogP contribution is -2.08. The number of hydrogen-bond acceptors (Lipinski definition) is 1. The molecule has 0 saturated heterocycles. The maximum Gasteiger partial charge on any atom is 0.0719 e. The number of hydrogen-bond donors (Lipinski definition) is 0. The highest BCUT2D eigenvalue weighted by Crippen LogP contribution is 2.20. The molecule has 2 rings (SSSR count). The summed E-state index contributed by atoms with van der Waals surface area (Å²) in [5.41, 5.74) is 2.83. The normalized spacial score (nSPS) is 20.2. The summed E-state index contributed by atoms with van der Waals surface area (Å²) in [5.74, 6) is 0. The number of allylic oxidation sites excluding steroid dienone is 3. The van der Waals surface area contributed by atoms with Crippen molar-refractivity contribution in [3.63, 3.8) is 0 Å². The molecule has 0 spiro atoms. The molecule has 1 nitrogen and oxygen atoms in total. The fourth-order valence-electron chi connectivity index (χ4n) is 1.46. The van der Waals surface area contributed by atoms with Crippen molar-refractivity contribution in [1.82, 2.24) is 0 Å². The molecular formula is C12H18O. The molecule has 0 bridgehead atoms. The van der Waals surface area contributed by atoms with Gasteiger partial charge in [0.05, 0.1) is 13.2 Å². The molecule has 2 aliphatic rings. The molecule has 0 saturated carbocycles. The largest absolute Gasteiger partial charge is 0.376 e. The van der Waals surface area contributed by atoms with Crippen LogP contribution in [-0.2, 0) is 4.74 Å². The molecule has 1 aliphatic heterocycles. The van der Waals surface area contributed by atoms with Crippen molar-refractivity contribution in [3.05, 3.63) is 35.5 Å². The van der Waals surface area contributed by atoms with Gasteiger partial charge >= 0.3 is 0 Å². The molecular weight excluding hydrogens is 160 g/mol. The maximum atomic E-state index is 5.35. The quantitative estimate of drug-likeness (QED) is 0.553. The van der Waals surface area contributed by atoms with Crippen molar-refractivity contribution in [2.24, 2.45) is 0 Å². The van der Waals surface area contributed by atoms with Gasteiger partial charge in [-0.25, -0.2) is 0 Å². The molecule has 0 aromatic rings. The summed E-state index contributed by atoms with van der Waals surface area (Å²) in [6.07, 6.45) is 11.0. The molecule has 0 aromatic carbocycles. The molecule has 0 N–H and O–H groups in total. The highest BCUT2D eigenvalue weighted by molar-refractivity contribution is 5.37. The Bertz CT molecular complexity index is 210. The van der Waals surface area contributed by atoms with Crippen LogP contribution in [0.15, 0.2) is 35.5 Å². The molecule has 13 heavy (non-hydrogen) atoms. The molecule has 0 atom stereocenters. The summed E-state index contributed by atoms with van der Waals surface area (Å²) in [5, 5.41) is 0. The zero-order valence-corrected chi connectivity index (χ0v) is 8.55. The molecule has 0 radical (unpaired) electrons. The Morgan fingerprint density at radius 3 is 2.54 bits per heavy atom. The summed E-state index contributed by atoms with van der Waals surface area (Å²) in [4.78, 5) is 0. The summed E-state index contributed by atoms with van der Waals surface area (Å²) in [7, 11) is 0. The second-order valence-corrected chi connectivity index (χ2v) is 2.89. The Balaban J connectivity index is 0.000000396. The number of ether oxygens (including phenoxy) is 1. The van der Waals surface area contributed by atoms with Gasteiger partial charge in [0, 0.05) is 0 Å². The third-order valence-corrected chi connectivity index (χ3v) is 2.10. The smallest absolute Gasteiger partial charge is 0.0719 e. The van der Waals surface area contributed by atoms with Gasteiger partial charge < -0.3 is 4.74 Å². The van der Waals surface area contributed by atoms with E-state index in [0.717, 1.165) is 26.1 Å².